The summed E-state index contributed by atoms with van der Waals surface area (Å²) in [4.78, 5) is 4.18. The van der Waals surface area contributed by atoms with E-state index in [0.717, 1.165) is 10.9 Å². The average molecular weight is 267 g/mol. The first-order valence-corrected chi connectivity index (χ1v) is 6.11. The van der Waals surface area contributed by atoms with Gasteiger partial charge in [0.1, 0.15) is 6.10 Å². The van der Waals surface area contributed by atoms with E-state index < -0.39 is 12.2 Å². The molecule has 0 bridgehead atoms. The van der Waals surface area contributed by atoms with Crippen LogP contribution in [0.4, 0.5) is 0 Å². The molecular weight excluding hydrogens is 252 g/mol. The number of hydrogen-bond donors (Lipinski definition) is 3. The van der Waals surface area contributed by atoms with E-state index in [0.29, 0.717) is 23.6 Å². The lowest BCUT2D eigenvalue weighted by atomic mass is 10.0. The van der Waals surface area contributed by atoms with Crippen LogP contribution in [0.1, 0.15) is 18.1 Å². The first-order valence-electron chi connectivity index (χ1n) is 5.74. The van der Waals surface area contributed by atoms with Gasteiger partial charge in [-0.15, -0.1) is 0 Å². The third-order valence-corrected chi connectivity index (χ3v) is 3.21. The maximum Gasteiger partial charge on any atom is 0.105 e. The highest BCUT2D eigenvalue weighted by atomic mass is 35.5. The highest BCUT2D eigenvalue weighted by Crippen LogP contribution is 2.26. The zero-order valence-electron chi connectivity index (χ0n) is 9.75. The molecule has 0 saturated carbocycles. The number of benzene rings is 1. The van der Waals surface area contributed by atoms with Crippen molar-refractivity contribution >= 4 is 22.5 Å². The molecule has 1 heterocycles. The van der Waals surface area contributed by atoms with Crippen LogP contribution in [0.3, 0.4) is 0 Å². The molecule has 5 heteroatoms. The summed E-state index contributed by atoms with van der Waals surface area (Å²) in [7, 11) is 0. The van der Waals surface area contributed by atoms with Gasteiger partial charge in [-0.3, -0.25) is 4.98 Å². The second-order valence-electron chi connectivity index (χ2n) is 4.16. The second-order valence-corrected chi connectivity index (χ2v) is 4.57. The smallest absolute Gasteiger partial charge is 0.105 e. The van der Waals surface area contributed by atoms with Crippen molar-refractivity contribution in [1.29, 1.82) is 0 Å². The summed E-state index contributed by atoms with van der Waals surface area (Å²) in [6.45, 7) is 0.327. The molecule has 0 fully saturated rings. The van der Waals surface area contributed by atoms with Gasteiger partial charge in [0.2, 0.25) is 0 Å². The number of halogens is 1. The summed E-state index contributed by atoms with van der Waals surface area (Å²) >= 11 is 6.07. The largest absolute Gasteiger partial charge is 0.390 e. The van der Waals surface area contributed by atoms with E-state index in [1.54, 1.807) is 30.5 Å². The molecule has 2 unspecified atom stereocenters. The predicted molar refractivity (Wildman–Crippen MR) is 71.4 cm³/mol. The lowest BCUT2D eigenvalue weighted by Crippen LogP contribution is -2.21. The molecule has 1 aromatic carbocycles. The Balaban J connectivity index is 2.37. The summed E-state index contributed by atoms with van der Waals surface area (Å²) < 4.78 is 0. The van der Waals surface area contributed by atoms with Gasteiger partial charge in [-0.1, -0.05) is 17.7 Å². The van der Waals surface area contributed by atoms with Crippen molar-refractivity contribution in [2.24, 2.45) is 5.73 Å². The van der Waals surface area contributed by atoms with Gasteiger partial charge in [0, 0.05) is 11.6 Å². The van der Waals surface area contributed by atoms with Crippen LogP contribution in [0.25, 0.3) is 10.9 Å². The Labute approximate surface area is 110 Å². The molecule has 4 nitrogen and oxygen atoms in total. The van der Waals surface area contributed by atoms with Crippen molar-refractivity contribution in [3.05, 3.63) is 41.0 Å². The SMILES string of the molecule is NCCC(O)C(O)c1ccc2nccc(Cl)c2c1. The predicted octanol–water partition coefficient (Wildman–Crippen LogP) is 1.63. The van der Waals surface area contributed by atoms with E-state index in [2.05, 4.69) is 4.98 Å². The number of fused-ring (bicyclic) bond motifs is 1. The lowest BCUT2D eigenvalue weighted by Gasteiger charge is -2.17. The average Bonchev–Trinajstić information content (AvgIpc) is 2.38. The molecule has 0 amide bonds. The molecule has 96 valence electrons. The van der Waals surface area contributed by atoms with Crippen LogP contribution in [-0.4, -0.2) is 27.8 Å². The van der Waals surface area contributed by atoms with Gasteiger partial charge in [0.05, 0.1) is 16.6 Å². The Morgan fingerprint density at radius 2 is 2.06 bits per heavy atom. The lowest BCUT2D eigenvalue weighted by molar-refractivity contribution is 0.0151. The summed E-state index contributed by atoms with van der Waals surface area (Å²) in [5.41, 5.74) is 6.72. The van der Waals surface area contributed by atoms with E-state index >= 15 is 0 Å². The Hall–Kier alpha value is -1.20. The fourth-order valence-corrected chi connectivity index (χ4v) is 2.07. The fraction of sp³-hybridized carbons (Fsp3) is 0.308. The number of aliphatic hydroxyl groups is 2. The summed E-state index contributed by atoms with van der Waals surface area (Å²) in [6.07, 6.45) is 0.140. The molecule has 0 aliphatic heterocycles. The van der Waals surface area contributed by atoms with E-state index in [4.69, 9.17) is 17.3 Å². The normalized spacial score (nSPS) is 14.7. The van der Waals surface area contributed by atoms with Gasteiger partial charge in [-0.25, -0.2) is 0 Å². The molecule has 0 aliphatic rings. The molecule has 0 saturated heterocycles. The topological polar surface area (TPSA) is 79.4 Å². The molecule has 0 spiro atoms. The van der Waals surface area contributed by atoms with Crippen LogP contribution < -0.4 is 5.73 Å². The molecule has 0 radical (unpaired) electrons. The molecule has 2 rings (SSSR count). The van der Waals surface area contributed by atoms with Gasteiger partial charge in [-0.05, 0) is 36.7 Å². The minimum Gasteiger partial charge on any atom is -0.390 e. The zero-order chi connectivity index (χ0) is 13.1. The van der Waals surface area contributed by atoms with Crippen LogP contribution in [0.5, 0.6) is 0 Å². The minimum absolute atomic E-state index is 0.327. The highest BCUT2D eigenvalue weighted by Gasteiger charge is 2.18. The van der Waals surface area contributed by atoms with E-state index in [-0.39, 0.29) is 0 Å². The Morgan fingerprint density at radius 3 is 2.78 bits per heavy atom. The third kappa shape index (κ3) is 2.62. The van der Waals surface area contributed by atoms with Crippen molar-refractivity contribution in [3.8, 4) is 0 Å². The quantitative estimate of drug-likeness (QED) is 0.786. The van der Waals surface area contributed by atoms with Crippen molar-refractivity contribution in [3.63, 3.8) is 0 Å². The fourth-order valence-electron chi connectivity index (χ4n) is 1.87. The molecule has 18 heavy (non-hydrogen) atoms. The first-order chi connectivity index (χ1) is 8.63. The second kappa shape index (κ2) is 5.63. The number of rotatable bonds is 4. The van der Waals surface area contributed by atoms with Crippen LogP contribution >= 0.6 is 11.6 Å². The highest BCUT2D eigenvalue weighted by molar-refractivity contribution is 6.35. The van der Waals surface area contributed by atoms with Gasteiger partial charge in [0.15, 0.2) is 0 Å². The van der Waals surface area contributed by atoms with Gasteiger partial charge in [0.25, 0.3) is 0 Å². The van der Waals surface area contributed by atoms with Gasteiger partial charge in [-0.2, -0.15) is 0 Å². The number of aliphatic hydroxyl groups excluding tert-OH is 2. The van der Waals surface area contributed by atoms with Crippen molar-refractivity contribution in [2.45, 2.75) is 18.6 Å². The van der Waals surface area contributed by atoms with Crippen LogP contribution in [-0.2, 0) is 0 Å². The molecule has 2 aromatic rings. The first kappa shape index (κ1) is 13.2. The van der Waals surface area contributed by atoms with Crippen LogP contribution in [0.2, 0.25) is 5.02 Å². The molecular formula is C13H15ClN2O2. The molecule has 1 aromatic heterocycles. The molecule has 2 atom stereocenters. The minimum atomic E-state index is -0.964. The molecule has 4 N–H and O–H groups in total. The number of hydrogen-bond acceptors (Lipinski definition) is 4. The summed E-state index contributed by atoms with van der Waals surface area (Å²) in [6, 6.07) is 6.94. The maximum absolute atomic E-state index is 10.0. The number of pyridine rings is 1. The third-order valence-electron chi connectivity index (χ3n) is 2.88. The van der Waals surface area contributed by atoms with Crippen molar-refractivity contribution < 1.29 is 10.2 Å². The summed E-state index contributed by atoms with van der Waals surface area (Å²) in [5, 5.41) is 21.1. The van der Waals surface area contributed by atoms with E-state index in [1.165, 1.54) is 0 Å². The van der Waals surface area contributed by atoms with E-state index in [1.807, 2.05) is 0 Å². The molecule has 0 aliphatic carbocycles. The Morgan fingerprint density at radius 1 is 1.28 bits per heavy atom. The Bertz CT molecular complexity index is 548. The Kier molecular flexibility index (Phi) is 4.14. The van der Waals surface area contributed by atoms with Gasteiger partial charge < -0.3 is 15.9 Å². The van der Waals surface area contributed by atoms with Crippen molar-refractivity contribution in [1.82, 2.24) is 4.98 Å². The van der Waals surface area contributed by atoms with Crippen LogP contribution in [0.15, 0.2) is 30.5 Å². The summed E-state index contributed by atoms with van der Waals surface area (Å²) in [5.74, 6) is 0. The van der Waals surface area contributed by atoms with Crippen LogP contribution in [0, 0.1) is 0 Å². The number of aromatic nitrogens is 1. The standard InChI is InChI=1S/C13H15ClN2O2/c14-10-4-6-16-11-2-1-8(7-9(10)11)13(18)12(17)3-5-15/h1-2,4,6-7,12-13,17-18H,3,5,15H2. The van der Waals surface area contributed by atoms with Crippen molar-refractivity contribution in [2.75, 3.05) is 6.54 Å². The zero-order valence-corrected chi connectivity index (χ0v) is 10.5. The maximum atomic E-state index is 10.0. The van der Waals surface area contributed by atoms with Gasteiger partial charge >= 0.3 is 0 Å². The van der Waals surface area contributed by atoms with E-state index in [9.17, 15) is 10.2 Å². The number of nitrogens with two attached hydrogens (primary N) is 1. The monoisotopic (exact) mass is 266 g/mol. The number of nitrogens with zero attached hydrogens (tertiary/aromatic N) is 1.